The van der Waals surface area contributed by atoms with Gasteiger partial charge in [-0.3, -0.25) is 4.79 Å². The van der Waals surface area contributed by atoms with E-state index in [9.17, 15) is 9.18 Å². The summed E-state index contributed by atoms with van der Waals surface area (Å²) in [5.41, 5.74) is 6.44. The van der Waals surface area contributed by atoms with Crippen LogP contribution in [0.1, 0.15) is 12.5 Å². The summed E-state index contributed by atoms with van der Waals surface area (Å²) in [6.45, 7) is 5.46. The number of carbonyl (C=O) groups is 1. The minimum Gasteiger partial charge on any atom is -0.481 e. The Labute approximate surface area is 112 Å². The molecule has 104 valence electrons. The van der Waals surface area contributed by atoms with Crippen molar-refractivity contribution in [2.75, 3.05) is 13.2 Å². The fraction of sp³-hybridized carbons (Fsp3) is 0.357. The summed E-state index contributed by atoms with van der Waals surface area (Å²) >= 11 is 0. The van der Waals surface area contributed by atoms with E-state index >= 15 is 0 Å². The number of halogens is 1. The first-order valence-electron chi connectivity index (χ1n) is 6.07. The van der Waals surface area contributed by atoms with Crippen LogP contribution in [0.5, 0.6) is 5.75 Å². The molecular weight excluding hydrogens is 247 g/mol. The third-order valence-corrected chi connectivity index (χ3v) is 2.36. The summed E-state index contributed by atoms with van der Waals surface area (Å²) in [6, 6.07) is 4.59. The number of rotatable bonds is 7. The molecule has 5 heteroatoms. The van der Waals surface area contributed by atoms with Crippen molar-refractivity contribution in [2.24, 2.45) is 5.73 Å². The first-order chi connectivity index (χ1) is 9.02. The molecule has 1 rings (SSSR count). The van der Waals surface area contributed by atoms with Gasteiger partial charge in [0.15, 0.2) is 18.2 Å². The molecule has 1 atom stereocenters. The molecule has 19 heavy (non-hydrogen) atoms. The highest BCUT2D eigenvalue weighted by molar-refractivity contribution is 5.77. The van der Waals surface area contributed by atoms with Crippen molar-refractivity contribution >= 4 is 5.91 Å². The predicted octanol–water partition coefficient (Wildman–Crippen LogP) is 1.40. The summed E-state index contributed by atoms with van der Waals surface area (Å²) < 4.78 is 18.8. The fourth-order valence-corrected chi connectivity index (χ4v) is 1.54. The molecule has 1 unspecified atom stereocenters. The van der Waals surface area contributed by atoms with Gasteiger partial charge in [0.2, 0.25) is 0 Å². The smallest absolute Gasteiger partial charge is 0.258 e. The number of hydrogen-bond acceptors (Lipinski definition) is 3. The number of benzene rings is 1. The summed E-state index contributed by atoms with van der Waals surface area (Å²) in [4.78, 5) is 11.3. The summed E-state index contributed by atoms with van der Waals surface area (Å²) in [5.74, 6) is -0.754. The van der Waals surface area contributed by atoms with Crippen LogP contribution in [-0.4, -0.2) is 25.1 Å². The van der Waals surface area contributed by atoms with E-state index in [1.165, 1.54) is 12.1 Å². The van der Waals surface area contributed by atoms with Gasteiger partial charge in [-0.25, -0.2) is 4.39 Å². The Balaban J connectivity index is 2.55. The molecule has 1 aromatic carbocycles. The molecule has 1 amide bonds. The molecule has 0 fully saturated rings. The SMILES string of the molecule is C=CCNC(=O)COc1ccc(CC(C)N)cc1F. The molecule has 0 bridgehead atoms. The van der Waals surface area contributed by atoms with Crippen molar-refractivity contribution in [2.45, 2.75) is 19.4 Å². The van der Waals surface area contributed by atoms with Crippen molar-refractivity contribution in [3.05, 3.63) is 42.2 Å². The van der Waals surface area contributed by atoms with Gasteiger partial charge >= 0.3 is 0 Å². The largest absolute Gasteiger partial charge is 0.481 e. The van der Waals surface area contributed by atoms with Crippen LogP contribution >= 0.6 is 0 Å². The molecule has 0 radical (unpaired) electrons. The van der Waals surface area contributed by atoms with Gasteiger partial charge < -0.3 is 15.8 Å². The van der Waals surface area contributed by atoms with Gasteiger partial charge in [0.05, 0.1) is 0 Å². The third-order valence-electron chi connectivity index (χ3n) is 2.36. The zero-order valence-electron chi connectivity index (χ0n) is 11.0. The molecule has 1 aromatic rings. The lowest BCUT2D eigenvalue weighted by atomic mass is 10.1. The fourth-order valence-electron chi connectivity index (χ4n) is 1.54. The summed E-state index contributed by atoms with van der Waals surface area (Å²) in [6.07, 6.45) is 2.15. The summed E-state index contributed by atoms with van der Waals surface area (Å²) in [5, 5.41) is 2.54. The van der Waals surface area contributed by atoms with Gasteiger partial charge in [-0.05, 0) is 31.0 Å². The second-order valence-electron chi connectivity index (χ2n) is 4.33. The van der Waals surface area contributed by atoms with Crippen LogP contribution in [0.15, 0.2) is 30.9 Å². The molecule has 0 aliphatic heterocycles. The number of nitrogens with one attached hydrogen (secondary N) is 1. The zero-order valence-corrected chi connectivity index (χ0v) is 11.0. The molecule has 3 N–H and O–H groups in total. The van der Waals surface area contributed by atoms with Crippen LogP contribution in [0.3, 0.4) is 0 Å². The highest BCUT2D eigenvalue weighted by Gasteiger charge is 2.08. The number of hydrogen-bond donors (Lipinski definition) is 2. The average Bonchev–Trinajstić information content (AvgIpc) is 2.34. The molecule has 4 nitrogen and oxygen atoms in total. The normalized spacial score (nSPS) is 11.7. The lowest BCUT2D eigenvalue weighted by Gasteiger charge is -2.09. The van der Waals surface area contributed by atoms with E-state index in [1.807, 2.05) is 6.92 Å². The Morgan fingerprint density at radius 1 is 1.63 bits per heavy atom. The maximum Gasteiger partial charge on any atom is 0.258 e. The third kappa shape index (κ3) is 5.52. The molecule has 0 aliphatic rings. The van der Waals surface area contributed by atoms with E-state index in [-0.39, 0.29) is 24.3 Å². The highest BCUT2D eigenvalue weighted by Crippen LogP contribution is 2.18. The zero-order chi connectivity index (χ0) is 14.3. The van der Waals surface area contributed by atoms with E-state index < -0.39 is 5.82 Å². The number of carbonyl (C=O) groups excluding carboxylic acids is 1. The van der Waals surface area contributed by atoms with E-state index in [1.54, 1.807) is 12.1 Å². The van der Waals surface area contributed by atoms with E-state index in [0.717, 1.165) is 5.56 Å². The van der Waals surface area contributed by atoms with Crippen molar-refractivity contribution in [1.29, 1.82) is 0 Å². The Hall–Kier alpha value is -1.88. The first kappa shape index (κ1) is 15.2. The molecule has 0 spiro atoms. The van der Waals surface area contributed by atoms with Crippen molar-refractivity contribution in [3.63, 3.8) is 0 Å². The van der Waals surface area contributed by atoms with Crippen molar-refractivity contribution in [1.82, 2.24) is 5.32 Å². The van der Waals surface area contributed by atoms with Gasteiger partial charge in [-0.15, -0.1) is 6.58 Å². The van der Waals surface area contributed by atoms with E-state index in [2.05, 4.69) is 11.9 Å². The van der Waals surface area contributed by atoms with Crippen LogP contribution in [0, 0.1) is 5.82 Å². The Bertz CT molecular complexity index is 447. The van der Waals surface area contributed by atoms with Gasteiger partial charge in [-0.2, -0.15) is 0 Å². The van der Waals surface area contributed by atoms with Crippen molar-refractivity contribution in [3.8, 4) is 5.75 Å². The van der Waals surface area contributed by atoms with E-state index in [4.69, 9.17) is 10.5 Å². The molecule has 0 aliphatic carbocycles. The Morgan fingerprint density at radius 2 is 2.37 bits per heavy atom. The van der Waals surface area contributed by atoms with Gasteiger partial charge in [-0.1, -0.05) is 12.1 Å². The summed E-state index contributed by atoms with van der Waals surface area (Å²) in [7, 11) is 0. The van der Waals surface area contributed by atoms with Crippen molar-refractivity contribution < 1.29 is 13.9 Å². The average molecular weight is 266 g/mol. The van der Waals surface area contributed by atoms with Crippen LogP contribution in [0.4, 0.5) is 4.39 Å². The van der Waals surface area contributed by atoms with Gasteiger partial charge in [0.25, 0.3) is 5.91 Å². The second kappa shape index (κ2) is 7.53. The molecule has 0 heterocycles. The molecule has 0 saturated heterocycles. The molecule has 0 saturated carbocycles. The standard InChI is InChI=1S/C14H19FN2O2/c1-3-6-17-14(18)9-19-13-5-4-11(7-10(2)16)8-12(13)15/h3-5,8,10H,1,6-7,9,16H2,2H3,(H,17,18). The predicted molar refractivity (Wildman–Crippen MR) is 72.5 cm³/mol. The monoisotopic (exact) mass is 266 g/mol. The number of ether oxygens (including phenoxy) is 1. The lowest BCUT2D eigenvalue weighted by Crippen LogP contribution is -2.28. The van der Waals surface area contributed by atoms with Gasteiger partial charge in [0, 0.05) is 12.6 Å². The highest BCUT2D eigenvalue weighted by atomic mass is 19.1. The number of nitrogens with two attached hydrogens (primary N) is 1. The minimum atomic E-state index is -0.491. The first-order valence-corrected chi connectivity index (χ1v) is 6.07. The Kier molecular flexibility index (Phi) is 6.02. The number of amides is 1. The van der Waals surface area contributed by atoms with Crippen LogP contribution in [-0.2, 0) is 11.2 Å². The maximum absolute atomic E-state index is 13.7. The lowest BCUT2D eigenvalue weighted by molar-refractivity contribution is -0.122. The van der Waals surface area contributed by atoms with Crippen LogP contribution in [0.2, 0.25) is 0 Å². The quantitative estimate of drug-likeness (QED) is 0.733. The topological polar surface area (TPSA) is 64.3 Å². The Morgan fingerprint density at radius 3 is 2.95 bits per heavy atom. The second-order valence-corrected chi connectivity index (χ2v) is 4.33. The van der Waals surface area contributed by atoms with Crippen LogP contribution in [0.25, 0.3) is 0 Å². The minimum absolute atomic E-state index is 0.0316. The molecule has 0 aromatic heterocycles. The van der Waals surface area contributed by atoms with Gasteiger partial charge in [0.1, 0.15) is 0 Å². The molecular formula is C14H19FN2O2. The maximum atomic E-state index is 13.7. The van der Waals surface area contributed by atoms with E-state index in [0.29, 0.717) is 13.0 Å². The van der Waals surface area contributed by atoms with Crippen LogP contribution < -0.4 is 15.8 Å².